The van der Waals surface area contributed by atoms with Crippen LogP contribution in [0.4, 0.5) is 0 Å². The van der Waals surface area contributed by atoms with Gasteiger partial charge in [0, 0.05) is 16.5 Å². The van der Waals surface area contributed by atoms with Crippen LogP contribution >= 0.6 is 11.3 Å². The molecular formula is C9H13NO3S. The predicted octanol–water partition coefficient (Wildman–Crippen LogP) is 0.955. The van der Waals surface area contributed by atoms with Crippen molar-refractivity contribution < 1.29 is 14.6 Å². The molecule has 1 N–H and O–H groups in total. The summed E-state index contributed by atoms with van der Waals surface area (Å²) in [5, 5.41) is 9.72. The van der Waals surface area contributed by atoms with E-state index in [4.69, 9.17) is 0 Å². The number of hydrogen-bond acceptors (Lipinski definition) is 5. The summed E-state index contributed by atoms with van der Waals surface area (Å²) >= 11 is 1.41. The molecule has 0 amide bonds. The zero-order chi connectivity index (χ0) is 10.8. The minimum atomic E-state index is -1.16. The van der Waals surface area contributed by atoms with Gasteiger partial charge in [0.15, 0.2) is 6.10 Å². The second-order valence-electron chi connectivity index (χ2n) is 3.51. The minimum Gasteiger partial charge on any atom is -0.467 e. The van der Waals surface area contributed by atoms with E-state index in [1.807, 2.05) is 0 Å². The number of nitrogens with zero attached hydrogens (tertiary/aromatic N) is 1. The van der Waals surface area contributed by atoms with Crippen LogP contribution in [0, 0.1) is 0 Å². The van der Waals surface area contributed by atoms with Crippen LogP contribution in [0.1, 0.15) is 18.7 Å². The number of rotatable bonds is 3. The Morgan fingerprint density at radius 1 is 1.71 bits per heavy atom. The zero-order valence-electron chi connectivity index (χ0n) is 8.35. The Kier molecular flexibility index (Phi) is 3.23. The lowest BCUT2D eigenvalue weighted by molar-refractivity contribution is -0.153. The van der Waals surface area contributed by atoms with Crippen molar-refractivity contribution in [3.05, 3.63) is 16.6 Å². The first-order valence-electron chi connectivity index (χ1n) is 4.15. The Hall–Kier alpha value is -0.940. The molecule has 0 radical (unpaired) electrons. The number of aliphatic hydroxyl groups excluding tert-OH is 1. The van der Waals surface area contributed by atoms with E-state index >= 15 is 0 Å². The summed E-state index contributed by atoms with van der Waals surface area (Å²) in [6.07, 6.45) is 0.490. The van der Waals surface area contributed by atoms with Gasteiger partial charge in [0.1, 0.15) is 0 Å². The van der Waals surface area contributed by atoms with Crippen LogP contribution < -0.4 is 0 Å². The number of aromatic nitrogens is 1. The lowest BCUT2D eigenvalue weighted by Gasteiger charge is -2.26. The molecule has 1 aromatic rings. The van der Waals surface area contributed by atoms with Crippen molar-refractivity contribution in [1.82, 2.24) is 4.98 Å². The lowest BCUT2D eigenvalue weighted by atomic mass is 9.85. The van der Waals surface area contributed by atoms with Gasteiger partial charge in [-0.3, -0.25) is 4.98 Å². The van der Waals surface area contributed by atoms with Crippen molar-refractivity contribution >= 4 is 17.3 Å². The monoisotopic (exact) mass is 215 g/mol. The molecule has 0 saturated carbocycles. The topological polar surface area (TPSA) is 59.4 Å². The van der Waals surface area contributed by atoms with Gasteiger partial charge in [0.05, 0.1) is 12.6 Å². The number of carbonyl (C=O) groups is 1. The predicted molar refractivity (Wildman–Crippen MR) is 53.2 cm³/mol. The third-order valence-corrected chi connectivity index (χ3v) is 3.29. The van der Waals surface area contributed by atoms with Crippen molar-refractivity contribution in [2.75, 3.05) is 7.11 Å². The van der Waals surface area contributed by atoms with E-state index in [0.717, 1.165) is 4.88 Å². The molecule has 1 atom stereocenters. The number of carbonyl (C=O) groups excluding carboxylic acids is 1. The quantitative estimate of drug-likeness (QED) is 0.763. The van der Waals surface area contributed by atoms with Gasteiger partial charge in [-0.25, -0.2) is 4.79 Å². The van der Waals surface area contributed by atoms with Gasteiger partial charge in [0.25, 0.3) is 0 Å². The zero-order valence-corrected chi connectivity index (χ0v) is 9.17. The normalized spacial score (nSPS) is 13.7. The van der Waals surface area contributed by atoms with Gasteiger partial charge in [-0.05, 0) is 0 Å². The molecule has 14 heavy (non-hydrogen) atoms. The average Bonchev–Trinajstić information content (AvgIpc) is 2.68. The molecule has 0 saturated heterocycles. The maximum absolute atomic E-state index is 11.2. The van der Waals surface area contributed by atoms with Gasteiger partial charge < -0.3 is 9.84 Å². The summed E-state index contributed by atoms with van der Waals surface area (Å²) in [4.78, 5) is 15.9. The SMILES string of the molecule is COC(=O)C(O)C(C)(C)c1cncs1. The highest BCUT2D eigenvalue weighted by Gasteiger charge is 2.37. The maximum Gasteiger partial charge on any atom is 0.335 e. The van der Waals surface area contributed by atoms with E-state index in [-0.39, 0.29) is 0 Å². The Labute approximate surface area is 86.6 Å². The van der Waals surface area contributed by atoms with Crippen LogP contribution in [0.25, 0.3) is 0 Å². The second kappa shape index (κ2) is 4.06. The fourth-order valence-corrected chi connectivity index (χ4v) is 1.85. The first kappa shape index (κ1) is 11.1. The van der Waals surface area contributed by atoms with E-state index in [1.54, 1.807) is 25.6 Å². The Morgan fingerprint density at radius 3 is 2.79 bits per heavy atom. The maximum atomic E-state index is 11.2. The summed E-state index contributed by atoms with van der Waals surface area (Å²) in [6.45, 7) is 3.56. The van der Waals surface area contributed by atoms with Crippen LogP contribution in [-0.4, -0.2) is 29.3 Å². The molecule has 1 rings (SSSR count). The van der Waals surface area contributed by atoms with Gasteiger partial charge in [-0.1, -0.05) is 13.8 Å². The van der Waals surface area contributed by atoms with Crippen LogP contribution in [-0.2, 0) is 14.9 Å². The summed E-state index contributed by atoms with van der Waals surface area (Å²) in [7, 11) is 1.26. The van der Waals surface area contributed by atoms with Crippen molar-refractivity contribution in [1.29, 1.82) is 0 Å². The van der Waals surface area contributed by atoms with Gasteiger partial charge in [0.2, 0.25) is 0 Å². The van der Waals surface area contributed by atoms with Gasteiger partial charge >= 0.3 is 5.97 Å². The average molecular weight is 215 g/mol. The molecule has 1 heterocycles. The largest absolute Gasteiger partial charge is 0.467 e. The molecule has 4 nitrogen and oxygen atoms in total. The van der Waals surface area contributed by atoms with Crippen LogP contribution in [0.15, 0.2) is 11.7 Å². The first-order chi connectivity index (χ1) is 6.50. The smallest absolute Gasteiger partial charge is 0.335 e. The molecule has 1 aromatic heterocycles. The highest BCUT2D eigenvalue weighted by molar-refractivity contribution is 7.09. The van der Waals surface area contributed by atoms with Gasteiger partial charge in [-0.2, -0.15) is 0 Å². The van der Waals surface area contributed by atoms with Crippen LogP contribution in [0.5, 0.6) is 0 Å². The van der Waals surface area contributed by atoms with E-state index in [9.17, 15) is 9.90 Å². The third-order valence-electron chi connectivity index (χ3n) is 2.18. The van der Waals surface area contributed by atoms with E-state index in [2.05, 4.69) is 9.72 Å². The van der Waals surface area contributed by atoms with Crippen LogP contribution in [0.2, 0.25) is 0 Å². The van der Waals surface area contributed by atoms with Crippen molar-refractivity contribution in [2.24, 2.45) is 0 Å². The first-order valence-corrected chi connectivity index (χ1v) is 5.03. The van der Waals surface area contributed by atoms with E-state index in [1.165, 1.54) is 18.4 Å². The molecule has 0 aliphatic heterocycles. The fraction of sp³-hybridized carbons (Fsp3) is 0.556. The minimum absolute atomic E-state index is 0.622. The molecular weight excluding hydrogens is 202 g/mol. The molecule has 0 bridgehead atoms. The van der Waals surface area contributed by atoms with Crippen molar-refractivity contribution in [3.63, 3.8) is 0 Å². The summed E-state index contributed by atoms with van der Waals surface area (Å²) in [6, 6.07) is 0. The molecule has 0 aliphatic carbocycles. The summed E-state index contributed by atoms with van der Waals surface area (Å²) in [5.41, 5.74) is 1.01. The number of thiazole rings is 1. The summed E-state index contributed by atoms with van der Waals surface area (Å²) < 4.78 is 4.49. The molecule has 0 fully saturated rings. The van der Waals surface area contributed by atoms with Gasteiger partial charge in [-0.15, -0.1) is 11.3 Å². The highest BCUT2D eigenvalue weighted by Crippen LogP contribution is 2.30. The number of esters is 1. The highest BCUT2D eigenvalue weighted by atomic mass is 32.1. The number of hydrogen-bond donors (Lipinski definition) is 1. The molecule has 0 aromatic carbocycles. The summed E-state index contributed by atoms with van der Waals surface area (Å²) in [5.74, 6) is -0.622. The van der Waals surface area contributed by atoms with Crippen LogP contribution in [0.3, 0.4) is 0 Å². The third kappa shape index (κ3) is 1.93. The fourth-order valence-electron chi connectivity index (χ4n) is 1.08. The Morgan fingerprint density at radius 2 is 2.36 bits per heavy atom. The van der Waals surface area contributed by atoms with Crippen molar-refractivity contribution in [2.45, 2.75) is 25.4 Å². The molecule has 1 unspecified atom stereocenters. The number of ether oxygens (including phenoxy) is 1. The molecule has 5 heteroatoms. The molecule has 0 aliphatic rings. The number of aliphatic hydroxyl groups is 1. The second-order valence-corrected chi connectivity index (χ2v) is 4.40. The standard InChI is InChI=1S/C9H13NO3S/c1-9(2,6-4-10-5-14-6)7(11)8(12)13-3/h4-5,7,11H,1-3H3. The number of methoxy groups -OCH3 is 1. The Bertz CT molecular complexity index is 308. The Balaban J connectivity index is 2.90. The van der Waals surface area contributed by atoms with E-state index < -0.39 is 17.5 Å². The van der Waals surface area contributed by atoms with E-state index in [0.29, 0.717) is 0 Å². The lowest BCUT2D eigenvalue weighted by Crippen LogP contribution is -2.40. The molecule has 0 spiro atoms. The van der Waals surface area contributed by atoms with Crippen molar-refractivity contribution in [3.8, 4) is 0 Å². The molecule has 78 valence electrons.